The predicted octanol–water partition coefficient (Wildman–Crippen LogP) is 5.49. The zero-order valence-electron chi connectivity index (χ0n) is 18.9. The number of nitrogens with zero attached hydrogens (tertiary/aromatic N) is 2. The number of carbonyl (C=O) groups is 2. The van der Waals surface area contributed by atoms with Crippen molar-refractivity contribution in [1.82, 2.24) is 4.98 Å². The van der Waals surface area contributed by atoms with Crippen molar-refractivity contribution in [2.24, 2.45) is 0 Å². The van der Waals surface area contributed by atoms with E-state index in [4.69, 9.17) is 16.3 Å². The average molecular weight is 508 g/mol. The van der Waals surface area contributed by atoms with Crippen LogP contribution in [0, 0.1) is 11.6 Å². The number of carbonyl (C=O) groups excluding carboxylic acids is 2. The SMILES string of the molecule is O=C(Nc1cc(F)cc(C(=O)c2ccc3ncc(N4CCOCC4)cc3c2)c1F)c1ccc(Cl)cc1. The molecule has 4 aromatic rings. The van der Waals surface area contributed by atoms with Gasteiger partial charge in [-0.2, -0.15) is 0 Å². The topological polar surface area (TPSA) is 71.5 Å². The number of aromatic nitrogens is 1. The van der Waals surface area contributed by atoms with E-state index in [2.05, 4.69) is 15.2 Å². The fourth-order valence-corrected chi connectivity index (χ4v) is 4.18. The van der Waals surface area contributed by atoms with Crippen molar-refractivity contribution >= 4 is 45.6 Å². The molecule has 0 saturated carbocycles. The smallest absolute Gasteiger partial charge is 0.255 e. The van der Waals surface area contributed by atoms with Crippen molar-refractivity contribution in [3.05, 3.63) is 100 Å². The van der Waals surface area contributed by atoms with Crippen LogP contribution in [0.5, 0.6) is 0 Å². The number of hydrogen-bond donors (Lipinski definition) is 1. The number of amides is 1. The zero-order chi connectivity index (χ0) is 25.2. The lowest BCUT2D eigenvalue weighted by Crippen LogP contribution is -2.36. The lowest BCUT2D eigenvalue weighted by atomic mass is 10.00. The Morgan fingerprint density at radius 1 is 0.944 bits per heavy atom. The molecular weight excluding hydrogens is 488 g/mol. The van der Waals surface area contributed by atoms with Gasteiger partial charge in [0.15, 0.2) is 11.6 Å². The van der Waals surface area contributed by atoms with Gasteiger partial charge in [-0.05, 0) is 54.6 Å². The van der Waals surface area contributed by atoms with Gasteiger partial charge in [0.25, 0.3) is 5.91 Å². The first-order chi connectivity index (χ1) is 17.4. The molecule has 1 saturated heterocycles. The first-order valence-electron chi connectivity index (χ1n) is 11.2. The number of benzene rings is 3. The highest BCUT2D eigenvalue weighted by Gasteiger charge is 2.21. The molecule has 1 amide bonds. The number of anilines is 2. The van der Waals surface area contributed by atoms with Crippen LogP contribution in [0.1, 0.15) is 26.3 Å². The number of pyridine rings is 1. The Morgan fingerprint density at radius 2 is 1.67 bits per heavy atom. The second-order valence-corrected chi connectivity index (χ2v) is 8.74. The second-order valence-electron chi connectivity index (χ2n) is 8.31. The Bertz CT molecular complexity index is 1470. The Balaban J connectivity index is 1.45. The highest BCUT2D eigenvalue weighted by molar-refractivity contribution is 6.30. The molecule has 182 valence electrons. The van der Waals surface area contributed by atoms with Gasteiger partial charge in [-0.15, -0.1) is 0 Å². The Kier molecular flexibility index (Phi) is 6.63. The van der Waals surface area contributed by atoms with Gasteiger partial charge in [-0.3, -0.25) is 14.6 Å². The molecule has 9 heteroatoms. The van der Waals surface area contributed by atoms with E-state index in [1.54, 1.807) is 18.3 Å². The standard InChI is InChI=1S/C27H20ClF2N3O3/c28-19-4-1-16(2-5-19)27(35)32-24-14-20(29)13-22(25(24)30)26(34)17-3-6-23-18(11-17)12-21(15-31-23)33-7-9-36-10-8-33/h1-6,11-15H,7-10H2,(H,32,35). The number of ketones is 1. The molecule has 1 N–H and O–H groups in total. The monoisotopic (exact) mass is 507 g/mol. The van der Waals surface area contributed by atoms with Crippen molar-refractivity contribution < 1.29 is 23.1 Å². The summed E-state index contributed by atoms with van der Waals surface area (Å²) in [7, 11) is 0. The summed E-state index contributed by atoms with van der Waals surface area (Å²) in [5.74, 6) is -3.26. The molecule has 3 aromatic carbocycles. The quantitative estimate of drug-likeness (QED) is 0.362. The minimum Gasteiger partial charge on any atom is -0.378 e. The zero-order valence-corrected chi connectivity index (χ0v) is 19.7. The third-order valence-corrected chi connectivity index (χ3v) is 6.19. The van der Waals surface area contributed by atoms with E-state index in [1.807, 2.05) is 6.07 Å². The number of fused-ring (bicyclic) bond motifs is 1. The van der Waals surface area contributed by atoms with Crippen molar-refractivity contribution in [3.63, 3.8) is 0 Å². The highest BCUT2D eigenvalue weighted by atomic mass is 35.5. The number of morpholine rings is 1. The van der Waals surface area contributed by atoms with Crippen LogP contribution in [0.2, 0.25) is 5.02 Å². The molecule has 0 radical (unpaired) electrons. The van der Waals surface area contributed by atoms with E-state index >= 15 is 4.39 Å². The summed E-state index contributed by atoms with van der Waals surface area (Å²) in [6.07, 6.45) is 1.76. The molecule has 0 unspecified atom stereocenters. The van der Waals surface area contributed by atoms with Gasteiger partial charge in [0.1, 0.15) is 5.82 Å². The van der Waals surface area contributed by atoms with Crippen LogP contribution in [0.3, 0.4) is 0 Å². The number of nitrogens with one attached hydrogen (secondary N) is 1. The normalized spacial score (nSPS) is 13.6. The van der Waals surface area contributed by atoms with Gasteiger partial charge < -0.3 is 15.0 Å². The highest BCUT2D eigenvalue weighted by Crippen LogP contribution is 2.26. The summed E-state index contributed by atoms with van der Waals surface area (Å²) < 4.78 is 35.1. The Morgan fingerprint density at radius 3 is 2.42 bits per heavy atom. The molecule has 5 rings (SSSR count). The summed E-state index contributed by atoms with van der Waals surface area (Å²) in [5.41, 5.74) is 1.00. The van der Waals surface area contributed by atoms with E-state index in [9.17, 15) is 14.0 Å². The molecule has 6 nitrogen and oxygen atoms in total. The van der Waals surface area contributed by atoms with Crippen LogP contribution in [0.4, 0.5) is 20.2 Å². The van der Waals surface area contributed by atoms with Gasteiger partial charge in [0.2, 0.25) is 0 Å². The van der Waals surface area contributed by atoms with Crippen molar-refractivity contribution in [1.29, 1.82) is 0 Å². The number of rotatable bonds is 5. The summed E-state index contributed by atoms with van der Waals surface area (Å²) in [4.78, 5) is 32.3. The maximum Gasteiger partial charge on any atom is 0.255 e. The maximum absolute atomic E-state index is 15.3. The molecule has 1 aliphatic heterocycles. The molecule has 1 fully saturated rings. The predicted molar refractivity (Wildman–Crippen MR) is 134 cm³/mol. The van der Waals surface area contributed by atoms with E-state index in [1.165, 1.54) is 30.3 Å². The van der Waals surface area contributed by atoms with Gasteiger partial charge in [-0.1, -0.05) is 11.6 Å². The van der Waals surface area contributed by atoms with Crippen molar-refractivity contribution in [2.45, 2.75) is 0 Å². The fraction of sp³-hybridized carbons (Fsp3) is 0.148. The van der Waals surface area contributed by atoms with E-state index in [-0.39, 0.29) is 11.1 Å². The van der Waals surface area contributed by atoms with E-state index in [0.29, 0.717) is 29.1 Å². The second kappa shape index (κ2) is 10.0. The van der Waals surface area contributed by atoms with Gasteiger partial charge in [0, 0.05) is 40.7 Å². The van der Waals surface area contributed by atoms with Crippen molar-refractivity contribution in [3.8, 4) is 0 Å². The van der Waals surface area contributed by atoms with Gasteiger partial charge in [-0.25, -0.2) is 8.78 Å². The van der Waals surface area contributed by atoms with E-state index in [0.717, 1.165) is 30.9 Å². The molecular formula is C27H20ClF2N3O3. The van der Waals surface area contributed by atoms with Crippen LogP contribution in [-0.2, 0) is 4.74 Å². The number of ether oxygens (including phenoxy) is 1. The summed E-state index contributed by atoms with van der Waals surface area (Å²) in [6.45, 7) is 2.69. The third kappa shape index (κ3) is 4.91. The van der Waals surface area contributed by atoms with Crippen molar-refractivity contribution in [2.75, 3.05) is 36.5 Å². The number of hydrogen-bond acceptors (Lipinski definition) is 5. The van der Waals surface area contributed by atoms with Crippen LogP contribution in [-0.4, -0.2) is 43.0 Å². The Hall–Kier alpha value is -3.88. The summed E-state index contributed by atoms with van der Waals surface area (Å²) >= 11 is 5.83. The first kappa shape index (κ1) is 23.8. The van der Waals surface area contributed by atoms with E-state index < -0.39 is 34.6 Å². The largest absolute Gasteiger partial charge is 0.378 e. The molecule has 0 spiro atoms. The van der Waals surface area contributed by atoms with Crippen LogP contribution >= 0.6 is 11.6 Å². The number of halogens is 3. The third-order valence-electron chi connectivity index (χ3n) is 5.94. The molecule has 0 bridgehead atoms. The van der Waals surface area contributed by atoms with Gasteiger partial charge in [0.05, 0.1) is 41.9 Å². The van der Waals surface area contributed by atoms with Crippen LogP contribution in [0.25, 0.3) is 10.9 Å². The molecule has 0 atom stereocenters. The molecule has 36 heavy (non-hydrogen) atoms. The molecule has 1 aliphatic rings. The molecule has 0 aliphatic carbocycles. The lowest BCUT2D eigenvalue weighted by Gasteiger charge is -2.28. The molecule has 2 heterocycles. The Labute approximate surface area is 210 Å². The average Bonchev–Trinajstić information content (AvgIpc) is 2.90. The maximum atomic E-state index is 15.3. The van der Waals surface area contributed by atoms with Gasteiger partial charge >= 0.3 is 0 Å². The summed E-state index contributed by atoms with van der Waals surface area (Å²) in [6, 6.07) is 14.3. The van der Waals surface area contributed by atoms with Crippen LogP contribution in [0.15, 0.2) is 66.9 Å². The van der Waals surface area contributed by atoms with Crippen LogP contribution < -0.4 is 10.2 Å². The minimum atomic E-state index is -1.02. The molecule has 1 aromatic heterocycles. The lowest BCUT2D eigenvalue weighted by molar-refractivity contribution is 0.101. The summed E-state index contributed by atoms with van der Waals surface area (Å²) in [5, 5.41) is 3.45. The minimum absolute atomic E-state index is 0.169. The fourth-order valence-electron chi connectivity index (χ4n) is 4.05. The first-order valence-corrected chi connectivity index (χ1v) is 11.6.